The van der Waals surface area contributed by atoms with Gasteiger partial charge in [0.05, 0.1) is 17.9 Å². The molecule has 1 aromatic carbocycles. The number of fused-ring (bicyclic) bond motifs is 1. The van der Waals surface area contributed by atoms with Gasteiger partial charge in [-0.2, -0.15) is 8.42 Å². The summed E-state index contributed by atoms with van der Waals surface area (Å²) in [5, 5.41) is 0. The van der Waals surface area contributed by atoms with E-state index in [0.717, 1.165) is 0 Å². The van der Waals surface area contributed by atoms with Gasteiger partial charge in [0.15, 0.2) is 0 Å². The van der Waals surface area contributed by atoms with Crippen LogP contribution in [0.4, 0.5) is 20.2 Å². The molecule has 2 rings (SSSR count). The number of benzene rings is 1. The van der Waals surface area contributed by atoms with Crippen LogP contribution < -0.4 is 9.03 Å². The number of para-hydroxylation sites is 2. The lowest BCUT2D eigenvalue weighted by Crippen LogP contribution is -2.33. The molecule has 4 nitrogen and oxygen atoms in total. The van der Waals surface area contributed by atoms with Gasteiger partial charge in [0.1, 0.15) is 0 Å². The Kier molecular flexibility index (Phi) is 2.26. The lowest BCUT2D eigenvalue weighted by atomic mass is 10.3. The third-order valence-corrected chi connectivity index (χ3v) is 3.41. The molecule has 0 spiro atoms. The van der Waals surface area contributed by atoms with Crippen molar-refractivity contribution in [2.24, 2.45) is 0 Å². The van der Waals surface area contributed by atoms with Gasteiger partial charge in [-0.25, -0.2) is 13.1 Å². The van der Waals surface area contributed by atoms with Gasteiger partial charge in [0, 0.05) is 0 Å². The van der Waals surface area contributed by atoms with Crippen LogP contribution in [0, 0.1) is 0 Å². The zero-order valence-corrected chi connectivity index (χ0v) is 8.34. The van der Waals surface area contributed by atoms with Crippen LogP contribution in [0.25, 0.3) is 0 Å². The Morgan fingerprint density at radius 1 is 1.33 bits per heavy atom. The first kappa shape index (κ1) is 10.2. The quantitative estimate of drug-likeness (QED) is 0.841. The molecule has 82 valence electrons. The van der Waals surface area contributed by atoms with Crippen LogP contribution in [0.3, 0.4) is 0 Å². The van der Waals surface area contributed by atoms with Crippen molar-refractivity contribution in [3.63, 3.8) is 0 Å². The molecule has 0 saturated carbocycles. The van der Waals surface area contributed by atoms with Gasteiger partial charge < -0.3 is 0 Å². The average molecular weight is 234 g/mol. The number of alkyl halides is 2. The maximum Gasteiger partial charge on any atom is 0.324 e. The third kappa shape index (κ3) is 1.74. The molecule has 0 radical (unpaired) electrons. The van der Waals surface area contributed by atoms with E-state index in [1.165, 1.54) is 12.1 Å². The molecule has 7 heteroatoms. The van der Waals surface area contributed by atoms with Crippen molar-refractivity contribution in [1.29, 1.82) is 0 Å². The Bertz CT molecular complexity index is 475. The Morgan fingerprint density at radius 3 is 2.67 bits per heavy atom. The minimum atomic E-state index is -3.84. The van der Waals surface area contributed by atoms with Gasteiger partial charge in [-0.1, -0.05) is 12.1 Å². The Hall–Kier alpha value is -1.37. The first-order chi connectivity index (χ1) is 7.00. The predicted molar refractivity (Wildman–Crippen MR) is 52.3 cm³/mol. The normalized spacial score (nSPS) is 17.7. The lowest BCUT2D eigenvalue weighted by molar-refractivity contribution is 0.159. The molecule has 0 saturated heterocycles. The summed E-state index contributed by atoms with van der Waals surface area (Å²) in [6.07, 6.45) is -2.70. The van der Waals surface area contributed by atoms with E-state index in [2.05, 4.69) is 4.72 Å². The van der Waals surface area contributed by atoms with E-state index in [4.69, 9.17) is 0 Å². The van der Waals surface area contributed by atoms with Gasteiger partial charge >= 0.3 is 10.2 Å². The van der Waals surface area contributed by atoms with Gasteiger partial charge in [0.2, 0.25) is 0 Å². The molecule has 15 heavy (non-hydrogen) atoms. The van der Waals surface area contributed by atoms with Crippen LogP contribution in [0.15, 0.2) is 24.3 Å². The van der Waals surface area contributed by atoms with Crippen LogP contribution in [-0.4, -0.2) is 21.4 Å². The smallest absolute Gasteiger partial charge is 0.264 e. The monoisotopic (exact) mass is 234 g/mol. The molecule has 1 N–H and O–H groups in total. The second-order valence-electron chi connectivity index (χ2n) is 3.05. The zero-order valence-electron chi connectivity index (χ0n) is 7.52. The molecular weight excluding hydrogens is 226 g/mol. The molecule has 0 aliphatic carbocycles. The molecule has 1 aliphatic rings. The minimum Gasteiger partial charge on any atom is -0.264 e. The standard InChI is InChI=1S/C8H8F2N2O2S/c9-8(10)5-12-7-4-2-1-3-6(7)11-15(12,13)14/h1-4,8,11H,5H2. The highest BCUT2D eigenvalue weighted by atomic mass is 32.2. The highest BCUT2D eigenvalue weighted by molar-refractivity contribution is 7.94. The minimum absolute atomic E-state index is 0.262. The molecule has 0 amide bonds. The fourth-order valence-electron chi connectivity index (χ4n) is 1.42. The van der Waals surface area contributed by atoms with E-state index in [-0.39, 0.29) is 5.69 Å². The summed E-state index contributed by atoms with van der Waals surface area (Å²) in [6, 6.07) is 6.24. The number of halogens is 2. The maximum atomic E-state index is 12.2. The number of nitrogens with one attached hydrogen (secondary N) is 1. The third-order valence-electron chi connectivity index (χ3n) is 2.01. The molecule has 1 heterocycles. The van der Waals surface area contributed by atoms with E-state index in [0.29, 0.717) is 9.99 Å². The van der Waals surface area contributed by atoms with E-state index in [1.807, 2.05) is 0 Å². The molecule has 1 aliphatic heterocycles. The first-order valence-corrected chi connectivity index (χ1v) is 5.62. The lowest BCUT2D eigenvalue weighted by Gasteiger charge is -2.15. The summed E-state index contributed by atoms with van der Waals surface area (Å²) in [4.78, 5) is 0. The van der Waals surface area contributed by atoms with Crippen LogP contribution in [0.1, 0.15) is 0 Å². The van der Waals surface area contributed by atoms with Gasteiger partial charge in [-0.15, -0.1) is 0 Å². The van der Waals surface area contributed by atoms with E-state index >= 15 is 0 Å². The summed E-state index contributed by atoms with van der Waals surface area (Å²) in [6.45, 7) is -0.827. The second kappa shape index (κ2) is 3.34. The topological polar surface area (TPSA) is 49.4 Å². The summed E-state index contributed by atoms with van der Waals surface area (Å²) in [5.41, 5.74) is 0.593. The average Bonchev–Trinajstić information content (AvgIpc) is 2.37. The Balaban J connectivity index is 2.44. The van der Waals surface area contributed by atoms with E-state index < -0.39 is 23.2 Å². The van der Waals surface area contributed by atoms with Gasteiger partial charge in [0.25, 0.3) is 6.43 Å². The van der Waals surface area contributed by atoms with Crippen LogP contribution >= 0.6 is 0 Å². The van der Waals surface area contributed by atoms with Crippen molar-refractivity contribution in [3.8, 4) is 0 Å². The van der Waals surface area contributed by atoms with E-state index in [1.54, 1.807) is 12.1 Å². The highest BCUT2D eigenvalue weighted by Gasteiger charge is 2.33. The van der Waals surface area contributed by atoms with E-state index in [9.17, 15) is 17.2 Å². The highest BCUT2D eigenvalue weighted by Crippen LogP contribution is 2.35. The molecule has 0 atom stereocenters. The summed E-state index contributed by atoms with van der Waals surface area (Å²) >= 11 is 0. The molecule has 0 fully saturated rings. The van der Waals surface area contributed by atoms with Crippen molar-refractivity contribution < 1.29 is 17.2 Å². The number of nitrogens with zero attached hydrogens (tertiary/aromatic N) is 1. The first-order valence-electron chi connectivity index (χ1n) is 4.18. The number of anilines is 2. The van der Waals surface area contributed by atoms with Crippen molar-refractivity contribution >= 4 is 21.6 Å². The predicted octanol–water partition coefficient (Wildman–Crippen LogP) is 1.43. The Morgan fingerprint density at radius 2 is 2.00 bits per heavy atom. The van der Waals surface area contributed by atoms with Crippen LogP contribution in [-0.2, 0) is 10.2 Å². The Labute approximate surface area is 85.7 Å². The van der Waals surface area contributed by atoms with Crippen molar-refractivity contribution in [3.05, 3.63) is 24.3 Å². The van der Waals surface area contributed by atoms with Crippen molar-refractivity contribution in [2.45, 2.75) is 6.43 Å². The number of hydrogen-bond acceptors (Lipinski definition) is 2. The number of hydrogen-bond donors (Lipinski definition) is 1. The summed E-state index contributed by atoms with van der Waals surface area (Å²) in [5.74, 6) is 0. The van der Waals surface area contributed by atoms with Crippen LogP contribution in [0.2, 0.25) is 0 Å². The number of rotatable bonds is 2. The van der Waals surface area contributed by atoms with Gasteiger partial charge in [-0.3, -0.25) is 4.72 Å². The molecule has 0 unspecified atom stereocenters. The van der Waals surface area contributed by atoms with Gasteiger partial charge in [-0.05, 0) is 12.1 Å². The second-order valence-corrected chi connectivity index (χ2v) is 4.64. The summed E-state index contributed by atoms with van der Waals surface area (Å²) in [7, 11) is -3.84. The molecule has 0 bridgehead atoms. The molecule has 0 aromatic heterocycles. The SMILES string of the molecule is O=S1(=O)Nc2ccccc2N1CC(F)F. The fraction of sp³-hybridized carbons (Fsp3) is 0.250. The van der Waals surface area contributed by atoms with Crippen molar-refractivity contribution in [2.75, 3.05) is 15.6 Å². The fourth-order valence-corrected chi connectivity index (χ4v) is 2.71. The zero-order chi connectivity index (χ0) is 11.1. The molecular formula is C8H8F2N2O2S. The van der Waals surface area contributed by atoms with Crippen LogP contribution in [0.5, 0.6) is 0 Å². The summed E-state index contributed by atoms with van der Waals surface area (Å²) < 4.78 is 50.1. The largest absolute Gasteiger partial charge is 0.324 e. The molecule has 1 aromatic rings. The maximum absolute atomic E-state index is 12.2. The van der Waals surface area contributed by atoms with Crippen molar-refractivity contribution in [1.82, 2.24) is 0 Å².